The number of benzene rings is 2. The van der Waals surface area contributed by atoms with Crippen molar-refractivity contribution in [2.24, 2.45) is 5.41 Å². The van der Waals surface area contributed by atoms with Crippen LogP contribution in [-0.4, -0.2) is 59.2 Å². The third kappa shape index (κ3) is 4.65. The topological polar surface area (TPSA) is 100 Å². The van der Waals surface area contributed by atoms with Gasteiger partial charge >= 0.3 is 0 Å². The van der Waals surface area contributed by atoms with Crippen LogP contribution in [0.4, 0.5) is 5.69 Å². The van der Waals surface area contributed by atoms with Gasteiger partial charge < -0.3 is 15.0 Å². The minimum atomic E-state index is -0.543. The lowest BCUT2D eigenvalue weighted by atomic mass is 9.73. The molecule has 2 saturated heterocycles. The quantitative estimate of drug-likeness (QED) is 0.539. The summed E-state index contributed by atoms with van der Waals surface area (Å²) in [6.07, 6.45) is 4.48. The highest BCUT2D eigenvalue weighted by Gasteiger charge is 2.44. The van der Waals surface area contributed by atoms with E-state index >= 15 is 0 Å². The highest BCUT2D eigenvalue weighted by atomic mass is 16.5. The first kappa shape index (κ1) is 22.9. The number of H-pyrrole nitrogens is 1. The Balaban J connectivity index is 1.08. The number of nitrogens with one attached hydrogen (secondary N) is 2. The van der Waals surface area contributed by atoms with Crippen molar-refractivity contribution in [3.05, 3.63) is 76.9 Å². The Bertz CT molecular complexity index is 1260. The predicted molar refractivity (Wildman–Crippen MR) is 135 cm³/mol. The van der Waals surface area contributed by atoms with Crippen LogP contribution in [0.15, 0.2) is 48.5 Å². The second-order valence-electron chi connectivity index (χ2n) is 10.4. The molecule has 1 aromatic heterocycles. The number of hydrogen-bond donors (Lipinski definition) is 2. The number of Topliss-reactive ketones (excluding diaryl/α,β-unsaturated/α-hetero) is 1. The molecule has 2 aromatic carbocycles. The maximum atomic E-state index is 13.1. The van der Waals surface area contributed by atoms with E-state index in [4.69, 9.17) is 4.74 Å². The number of amides is 1. The molecule has 0 saturated carbocycles. The number of ketones is 1. The van der Waals surface area contributed by atoms with Crippen LogP contribution in [-0.2, 0) is 28.8 Å². The van der Waals surface area contributed by atoms with Crippen molar-refractivity contribution in [3.8, 4) is 0 Å². The molecule has 3 heterocycles. The normalized spacial score (nSPS) is 20.9. The number of ether oxygens (including phenoxy) is 1. The fourth-order valence-electron chi connectivity index (χ4n) is 5.70. The van der Waals surface area contributed by atoms with Crippen LogP contribution in [0.3, 0.4) is 0 Å². The average molecular weight is 486 g/mol. The Morgan fingerprint density at radius 3 is 2.72 bits per heavy atom. The second-order valence-corrected chi connectivity index (χ2v) is 10.4. The first-order valence-electron chi connectivity index (χ1n) is 12.8. The van der Waals surface area contributed by atoms with Crippen molar-refractivity contribution in [3.63, 3.8) is 0 Å². The summed E-state index contributed by atoms with van der Waals surface area (Å²) in [6.45, 7) is 3.85. The zero-order valence-electron chi connectivity index (χ0n) is 20.3. The summed E-state index contributed by atoms with van der Waals surface area (Å²) in [5.41, 5.74) is 4.93. The Morgan fingerprint density at radius 2 is 1.92 bits per heavy atom. The zero-order valence-corrected chi connectivity index (χ0v) is 20.3. The first-order chi connectivity index (χ1) is 17.6. The minimum absolute atomic E-state index is 0.0313. The van der Waals surface area contributed by atoms with E-state index in [0.717, 1.165) is 56.7 Å². The third-order valence-electron chi connectivity index (χ3n) is 7.87. The third-order valence-corrected chi connectivity index (χ3v) is 7.87. The number of anilines is 1. The first-order valence-corrected chi connectivity index (χ1v) is 12.8. The van der Waals surface area contributed by atoms with Gasteiger partial charge in [-0.2, -0.15) is 0 Å². The van der Waals surface area contributed by atoms with Crippen LogP contribution in [0.5, 0.6) is 0 Å². The van der Waals surface area contributed by atoms with E-state index in [0.29, 0.717) is 30.5 Å². The van der Waals surface area contributed by atoms with Crippen molar-refractivity contribution >= 4 is 17.4 Å². The summed E-state index contributed by atoms with van der Waals surface area (Å²) in [5, 5.41) is 9.80. The largest absolute Gasteiger partial charge is 0.381 e. The zero-order chi connectivity index (χ0) is 24.5. The summed E-state index contributed by atoms with van der Waals surface area (Å²) in [4.78, 5) is 32.7. The molecule has 8 heteroatoms. The van der Waals surface area contributed by atoms with Crippen LogP contribution in [0.2, 0.25) is 0 Å². The van der Waals surface area contributed by atoms with Crippen LogP contribution in [0.25, 0.3) is 0 Å². The molecular formula is C28H31N5O3. The average Bonchev–Trinajstić information content (AvgIpc) is 3.29. The smallest absolute Gasteiger partial charge is 0.291 e. The Labute approximate surface area is 210 Å². The predicted octanol–water partition coefficient (Wildman–Crippen LogP) is 2.87. The fraction of sp³-hybridized carbons (Fsp3) is 0.429. The molecule has 2 N–H and O–H groups in total. The summed E-state index contributed by atoms with van der Waals surface area (Å²) in [6, 6.07) is 15.8. The van der Waals surface area contributed by atoms with E-state index < -0.39 is 11.9 Å². The van der Waals surface area contributed by atoms with Gasteiger partial charge in [0.05, 0.1) is 6.04 Å². The molecule has 8 nitrogen and oxygen atoms in total. The van der Waals surface area contributed by atoms with Crippen LogP contribution in [0.1, 0.15) is 52.4 Å². The number of hydrogen-bond acceptors (Lipinski definition) is 6. The molecule has 0 unspecified atom stereocenters. The van der Waals surface area contributed by atoms with E-state index in [1.54, 1.807) is 0 Å². The summed E-state index contributed by atoms with van der Waals surface area (Å²) < 4.78 is 5.54. The maximum absolute atomic E-state index is 13.1. The number of rotatable bonds is 5. The molecule has 1 atom stereocenters. The summed E-state index contributed by atoms with van der Waals surface area (Å²) >= 11 is 0. The highest BCUT2D eigenvalue weighted by Crippen LogP contribution is 2.42. The highest BCUT2D eigenvalue weighted by molar-refractivity contribution is 5.96. The molecule has 1 spiro atoms. The monoisotopic (exact) mass is 485 g/mol. The van der Waals surface area contributed by atoms with Crippen molar-refractivity contribution < 1.29 is 14.3 Å². The van der Waals surface area contributed by atoms with Gasteiger partial charge in [0.15, 0.2) is 5.78 Å². The number of aromatic nitrogens is 3. The molecule has 6 rings (SSSR count). The molecule has 1 amide bonds. The molecule has 1 aliphatic carbocycles. The van der Waals surface area contributed by atoms with Crippen molar-refractivity contribution in [1.29, 1.82) is 0 Å². The van der Waals surface area contributed by atoms with E-state index in [2.05, 4.69) is 43.6 Å². The standard InChI is InChI=1S/C28H31N5O3/c34-24-16-21-15-22(33-17-28(18-33)10-12-36-13-11-28)8-6-20(21)7-9-23(24)29-27(35)26-30-25(31-32-26)14-19-4-2-1-3-5-19/h1-6,8,15,23H,7,9-14,16-18H2,(H,29,35)(H,30,31,32)/t23-/m0/s1. The Hall–Kier alpha value is -3.52. The van der Waals surface area contributed by atoms with Gasteiger partial charge in [-0.25, -0.2) is 4.98 Å². The minimum Gasteiger partial charge on any atom is -0.381 e. The maximum Gasteiger partial charge on any atom is 0.291 e. The molecule has 3 aliphatic rings. The van der Waals surface area contributed by atoms with E-state index in [-0.39, 0.29) is 11.6 Å². The Morgan fingerprint density at radius 1 is 1.11 bits per heavy atom. The van der Waals surface area contributed by atoms with Gasteiger partial charge in [0.25, 0.3) is 5.91 Å². The number of nitrogens with zero attached hydrogens (tertiary/aromatic N) is 3. The van der Waals surface area contributed by atoms with Crippen LogP contribution in [0, 0.1) is 5.41 Å². The van der Waals surface area contributed by atoms with Gasteiger partial charge in [-0.3, -0.25) is 14.7 Å². The molecular weight excluding hydrogens is 454 g/mol. The molecule has 186 valence electrons. The van der Waals surface area contributed by atoms with Gasteiger partial charge in [-0.15, -0.1) is 5.10 Å². The molecule has 0 radical (unpaired) electrons. The van der Waals surface area contributed by atoms with E-state index in [1.807, 2.05) is 30.3 Å². The Kier molecular flexibility index (Phi) is 6.05. The van der Waals surface area contributed by atoms with Crippen molar-refractivity contribution in [2.75, 3.05) is 31.2 Å². The van der Waals surface area contributed by atoms with Crippen molar-refractivity contribution in [1.82, 2.24) is 20.5 Å². The number of aryl methyl sites for hydroxylation is 1. The molecule has 2 aliphatic heterocycles. The SMILES string of the molecule is O=C(N[C@H]1CCc2ccc(N3CC4(CCOCC4)C3)cc2CC1=O)c1n[nH]c(Cc2ccccc2)n1. The lowest BCUT2D eigenvalue weighted by molar-refractivity contribution is -0.120. The molecule has 0 bridgehead atoms. The van der Waals surface area contributed by atoms with E-state index in [9.17, 15) is 9.59 Å². The molecule has 36 heavy (non-hydrogen) atoms. The lowest BCUT2D eigenvalue weighted by Crippen LogP contribution is -2.58. The van der Waals surface area contributed by atoms with Crippen molar-refractivity contribution in [2.45, 2.75) is 44.6 Å². The summed E-state index contributed by atoms with van der Waals surface area (Å²) in [5.74, 6) is 0.298. The van der Waals surface area contributed by atoms with E-state index in [1.165, 1.54) is 11.3 Å². The van der Waals surface area contributed by atoms with Crippen LogP contribution >= 0.6 is 0 Å². The number of carbonyl (C=O) groups excluding carboxylic acids is 2. The van der Waals surface area contributed by atoms with Gasteiger partial charge in [-0.05, 0) is 54.5 Å². The number of fused-ring (bicyclic) bond motifs is 1. The van der Waals surface area contributed by atoms with Gasteiger partial charge in [0, 0.05) is 50.2 Å². The fourth-order valence-corrected chi connectivity index (χ4v) is 5.70. The lowest BCUT2D eigenvalue weighted by Gasteiger charge is -2.53. The molecule has 3 aromatic rings. The van der Waals surface area contributed by atoms with Crippen LogP contribution < -0.4 is 10.2 Å². The molecule has 2 fully saturated rings. The number of carbonyl (C=O) groups is 2. The second kappa shape index (κ2) is 9.50. The van der Waals surface area contributed by atoms with Gasteiger partial charge in [0.2, 0.25) is 5.82 Å². The van der Waals surface area contributed by atoms with Gasteiger partial charge in [-0.1, -0.05) is 36.4 Å². The summed E-state index contributed by atoms with van der Waals surface area (Å²) in [7, 11) is 0. The van der Waals surface area contributed by atoms with Gasteiger partial charge in [0.1, 0.15) is 5.82 Å². The number of aromatic amines is 1.